The third-order valence-electron chi connectivity index (χ3n) is 14.9. The molecule has 0 rings (SSSR count). The number of aliphatic carboxylic acids is 1. The molecule has 418 valence electrons. The molecule has 0 aliphatic heterocycles. The SMILES string of the molecule is CCCCCCCCC=CCCC(CC(O)CO)(CC(O)CO)C(CC(O)CO)(CC(O)CO)C(CC(O)CO)(CC(O)CO)C(CC(O)CO)(CC(O)CO)C(CC(O)CO)(CC(O)CO)C(=O)O. The van der Waals surface area contributed by atoms with E-state index < -0.39 is 231 Å². The van der Waals surface area contributed by atoms with Crippen LogP contribution in [0.2, 0.25) is 0 Å². The smallest absolute Gasteiger partial charge is 0.310 e. The lowest BCUT2D eigenvalue weighted by atomic mass is 9.31. The van der Waals surface area contributed by atoms with E-state index in [1.165, 1.54) is 0 Å². The fourth-order valence-electron chi connectivity index (χ4n) is 12.2. The van der Waals surface area contributed by atoms with Crippen LogP contribution in [0.4, 0.5) is 0 Å². The lowest BCUT2D eigenvalue weighted by molar-refractivity contribution is -0.289. The normalized spacial score (nSPS) is 21.2. The first kappa shape index (κ1) is 68.4. The van der Waals surface area contributed by atoms with Gasteiger partial charge in [-0.15, -0.1) is 0 Å². The number of carboxylic acid groups (broad SMARTS) is 1. The van der Waals surface area contributed by atoms with Gasteiger partial charge in [-0.2, -0.15) is 0 Å². The lowest BCUT2D eigenvalue weighted by Gasteiger charge is -2.73. The van der Waals surface area contributed by atoms with Crippen LogP contribution in [0.15, 0.2) is 12.2 Å². The van der Waals surface area contributed by atoms with Crippen LogP contribution in [0.5, 0.6) is 0 Å². The number of aliphatic hydroxyl groups excluding tert-OH is 20. The van der Waals surface area contributed by atoms with Crippen LogP contribution in [0.1, 0.15) is 129 Å². The van der Waals surface area contributed by atoms with E-state index in [9.17, 15) is 112 Å². The van der Waals surface area contributed by atoms with Crippen molar-refractivity contribution in [3.63, 3.8) is 0 Å². The molecule has 0 bridgehead atoms. The van der Waals surface area contributed by atoms with Gasteiger partial charge in [-0.1, -0.05) is 51.2 Å². The topological polar surface area (TPSA) is 442 Å². The first-order valence-corrected chi connectivity index (χ1v) is 24.8. The highest BCUT2D eigenvalue weighted by molar-refractivity contribution is 5.76. The molecule has 70 heavy (non-hydrogen) atoms. The molecule has 0 saturated heterocycles. The number of allylic oxidation sites excluding steroid dienone is 2. The Balaban J connectivity index is 10.5. The molecular formula is C48H94O22. The van der Waals surface area contributed by atoms with Gasteiger partial charge in [0.05, 0.1) is 133 Å². The van der Waals surface area contributed by atoms with E-state index in [1.807, 2.05) is 6.08 Å². The van der Waals surface area contributed by atoms with Gasteiger partial charge in [0.15, 0.2) is 0 Å². The Morgan fingerprint density at radius 2 is 0.629 bits per heavy atom. The molecule has 0 spiro atoms. The second-order valence-electron chi connectivity index (χ2n) is 19.9. The molecule has 0 heterocycles. The van der Waals surface area contributed by atoms with E-state index in [0.717, 1.165) is 38.5 Å². The van der Waals surface area contributed by atoms with E-state index in [-0.39, 0.29) is 6.42 Å². The van der Waals surface area contributed by atoms with Gasteiger partial charge in [0.1, 0.15) is 0 Å². The van der Waals surface area contributed by atoms with Crippen LogP contribution in [0.25, 0.3) is 0 Å². The van der Waals surface area contributed by atoms with E-state index >= 15 is 0 Å². The average molecular weight is 1020 g/mol. The first-order valence-electron chi connectivity index (χ1n) is 24.8. The largest absolute Gasteiger partial charge is 0.481 e. The van der Waals surface area contributed by atoms with Crippen molar-refractivity contribution >= 4 is 5.97 Å². The van der Waals surface area contributed by atoms with Gasteiger partial charge in [0.2, 0.25) is 0 Å². The van der Waals surface area contributed by atoms with Crippen LogP contribution in [0, 0.1) is 27.1 Å². The summed E-state index contributed by atoms with van der Waals surface area (Å²) >= 11 is 0. The summed E-state index contributed by atoms with van der Waals surface area (Å²) in [6.07, 6.45) is -22.4. The Hall–Kier alpha value is -1.59. The van der Waals surface area contributed by atoms with Crippen molar-refractivity contribution in [2.45, 2.75) is 190 Å². The molecule has 21 N–H and O–H groups in total. The quantitative estimate of drug-likeness (QED) is 0.0208. The number of hydrogen-bond acceptors (Lipinski definition) is 21. The molecule has 22 nitrogen and oxygen atoms in total. The second-order valence-corrected chi connectivity index (χ2v) is 19.9. The Bertz CT molecular complexity index is 1310. The highest BCUT2D eigenvalue weighted by Crippen LogP contribution is 2.77. The molecule has 22 heteroatoms. The summed E-state index contributed by atoms with van der Waals surface area (Å²) in [6.45, 7) is -9.85. The van der Waals surface area contributed by atoms with Crippen molar-refractivity contribution in [3.8, 4) is 0 Å². The van der Waals surface area contributed by atoms with Gasteiger partial charge < -0.3 is 107 Å². The molecule has 0 aromatic heterocycles. The summed E-state index contributed by atoms with van der Waals surface area (Å²) in [4.78, 5) is 14.8. The molecule has 0 aliphatic rings. The zero-order valence-electron chi connectivity index (χ0n) is 41.2. The molecule has 0 fully saturated rings. The average Bonchev–Trinajstić information content (AvgIpc) is 3.34. The minimum Gasteiger partial charge on any atom is -0.481 e. The van der Waals surface area contributed by atoms with E-state index in [4.69, 9.17) is 0 Å². The maximum absolute atomic E-state index is 14.8. The second kappa shape index (κ2) is 34.8. The number of carbonyl (C=O) groups is 1. The number of unbranched alkanes of at least 4 members (excludes halogenated alkanes) is 6. The third kappa shape index (κ3) is 18.7. The van der Waals surface area contributed by atoms with E-state index in [0.29, 0.717) is 6.42 Å². The molecule has 10 unspecified atom stereocenters. The maximum atomic E-state index is 14.8. The molecular weight excluding hydrogens is 929 g/mol. The predicted octanol–water partition coefficient (Wildman–Crippen LogP) is -3.48. The van der Waals surface area contributed by atoms with Crippen molar-refractivity contribution in [3.05, 3.63) is 12.2 Å². The summed E-state index contributed by atoms with van der Waals surface area (Å²) in [7, 11) is 0. The zero-order valence-corrected chi connectivity index (χ0v) is 41.2. The monoisotopic (exact) mass is 1020 g/mol. The Morgan fingerprint density at radius 3 is 0.957 bits per heavy atom. The van der Waals surface area contributed by atoms with E-state index in [2.05, 4.69) is 6.92 Å². The van der Waals surface area contributed by atoms with Crippen LogP contribution in [0.3, 0.4) is 0 Å². The van der Waals surface area contributed by atoms with Crippen LogP contribution in [-0.2, 0) is 4.79 Å². The molecule has 0 aromatic carbocycles. The van der Waals surface area contributed by atoms with Gasteiger partial charge in [-0.25, -0.2) is 0 Å². The standard InChI is InChI=1S/C48H94O22/c1-2-3-4-5-6-7-8-9-10-11-12-44(13-33(59)23-49,14-34(60)24-50)46(17-37(63)27-53,18-38(64)28-54)48(21-41(67)31-57,22-42(68)32-58)47(19-39(65)29-55,20-40(66)30-56)45(43(69)70,15-35(61)25-51)16-36(62)26-52/h9-10,33-42,49-68H,2-8,11-32H2,1H3,(H,69,70). The predicted molar refractivity (Wildman–Crippen MR) is 253 cm³/mol. The van der Waals surface area contributed by atoms with Gasteiger partial charge >= 0.3 is 5.97 Å². The summed E-state index contributed by atoms with van der Waals surface area (Å²) in [5.74, 6) is -2.06. The minimum absolute atomic E-state index is 0.0818. The summed E-state index contributed by atoms with van der Waals surface area (Å²) in [5.41, 5.74) is -13.9. The zero-order chi connectivity index (χ0) is 53.8. The van der Waals surface area contributed by atoms with Crippen LogP contribution >= 0.6 is 0 Å². The van der Waals surface area contributed by atoms with Crippen LogP contribution < -0.4 is 0 Å². The van der Waals surface area contributed by atoms with Gasteiger partial charge in [-0.3, -0.25) is 4.79 Å². The van der Waals surface area contributed by atoms with Gasteiger partial charge in [0.25, 0.3) is 0 Å². The highest BCUT2D eigenvalue weighted by atomic mass is 16.4. The summed E-state index contributed by atoms with van der Waals surface area (Å²) in [6, 6.07) is 0. The minimum atomic E-state index is -3.12. The lowest BCUT2D eigenvalue weighted by Crippen LogP contribution is -2.72. The van der Waals surface area contributed by atoms with Crippen molar-refractivity contribution in [1.29, 1.82) is 0 Å². The third-order valence-corrected chi connectivity index (χ3v) is 14.9. The van der Waals surface area contributed by atoms with Crippen molar-refractivity contribution in [2.24, 2.45) is 27.1 Å². The highest BCUT2D eigenvalue weighted by Gasteiger charge is 2.76. The first-order chi connectivity index (χ1) is 33.0. The molecule has 10 atom stereocenters. The summed E-state index contributed by atoms with van der Waals surface area (Å²) in [5, 5.41) is 237. The van der Waals surface area contributed by atoms with Crippen molar-refractivity contribution in [2.75, 3.05) is 66.1 Å². The maximum Gasteiger partial charge on any atom is 0.310 e. The molecule has 0 amide bonds. The number of carboxylic acids is 1. The summed E-state index contributed by atoms with van der Waals surface area (Å²) < 4.78 is 0. The molecule has 0 saturated carbocycles. The Kier molecular flexibility index (Phi) is 34.0. The Morgan fingerprint density at radius 1 is 0.357 bits per heavy atom. The number of hydrogen-bond donors (Lipinski definition) is 21. The Labute approximate surface area is 412 Å². The number of rotatable bonds is 45. The molecule has 0 radical (unpaired) electrons. The van der Waals surface area contributed by atoms with E-state index in [1.54, 1.807) is 6.08 Å². The van der Waals surface area contributed by atoms with Gasteiger partial charge in [0, 0.05) is 0 Å². The molecule has 0 aliphatic carbocycles. The van der Waals surface area contributed by atoms with Crippen LogP contribution in [-0.4, -0.2) is 240 Å². The molecule has 0 aromatic rings. The fourth-order valence-corrected chi connectivity index (χ4v) is 12.2. The fraction of sp³-hybridized carbons (Fsp3) is 0.938. The van der Waals surface area contributed by atoms with Crippen molar-refractivity contribution < 1.29 is 112 Å². The number of aliphatic hydroxyl groups is 20. The van der Waals surface area contributed by atoms with Crippen molar-refractivity contribution in [1.82, 2.24) is 0 Å². The van der Waals surface area contributed by atoms with Gasteiger partial charge in [-0.05, 0) is 112 Å².